The molecular weight excluding hydrogens is 326 g/mol. The number of hydrogen-bond acceptors (Lipinski definition) is 8. The molecule has 0 radical (unpaired) electrons. The van der Waals surface area contributed by atoms with Gasteiger partial charge in [-0.3, -0.25) is 4.57 Å². The second kappa shape index (κ2) is 6.21. The van der Waals surface area contributed by atoms with E-state index in [-0.39, 0.29) is 0 Å². The maximum Gasteiger partial charge on any atom is 0.165 e. The highest BCUT2D eigenvalue weighted by atomic mass is 16.6. The third kappa shape index (κ3) is 2.53. The number of hydrogen-bond donors (Lipinski definition) is 4. The molecule has 3 unspecified atom stereocenters. The van der Waals surface area contributed by atoms with Crippen LogP contribution in [-0.4, -0.2) is 56.1 Å². The molecule has 3 heterocycles. The van der Waals surface area contributed by atoms with E-state index in [2.05, 4.69) is 9.98 Å². The van der Waals surface area contributed by atoms with Gasteiger partial charge in [-0.25, -0.2) is 9.98 Å². The summed E-state index contributed by atoms with van der Waals surface area (Å²) in [6.45, 7) is -0.393. The number of aromatic nitrogens is 2. The van der Waals surface area contributed by atoms with E-state index in [9.17, 15) is 15.3 Å². The number of aliphatic hydroxyl groups excluding tert-OH is 3. The van der Waals surface area contributed by atoms with Gasteiger partial charge >= 0.3 is 0 Å². The van der Waals surface area contributed by atoms with Gasteiger partial charge in [0, 0.05) is 5.69 Å². The number of anilines is 1. The summed E-state index contributed by atoms with van der Waals surface area (Å²) in [5.41, 5.74) is 7.73. The topological polar surface area (TPSA) is 129 Å². The second-order valence-electron chi connectivity index (χ2n) is 6.02. The van der Waals surface area contributed by atoms with Gasteiger partial charge in [-0.1, -0.05) is 18.2 Å². The van der Waals surface area contributed by atoms with Crippen LogP contribution < -0.4 is 10.6 Å². The molecule has 132 valence electrons. The number of aliphatic hydroxyl groups is 3. The fraction of sp³-hybridized carbons (Fsp3) is 0.375. The number of fused-ring (bicyclic) bond motifs is 1. The molecule has 25 heavy (non-hydrogen) atoms. The standard InChI is InChI=1S/C16H19N5O4/c17-14-11-15(19-8-20(14)9-4-2-1-3-5-9)21(7-18-11)16-13(24)12(23)10(6-22)25-16/h1-5,7-8,10,12-14,16,22-24H,6,17H2/t10-,12?,13?,14?,16-/m1/s1. The summed E-state index contributed by atoms with van der Waals surface area (Å²) in [4.78, 5) is 10.5. The van der Waals surface area contributed by atoms with Crippen LogP contribution in [0.4, 0.5) is 11.5 Å². The summed E-state index contributed by atoms with van der Waals surface area (Å²) in [5, 5.41) is 29.4. The Morgan fingerprint density at radius 2 is 1.92 bits per heavy atom. The Labute approximate surface area is 143 Å². The van der Waals surface area contributed by atoms with E-state index in [1.807, 2.05) is 30.3 Å². The van der Waals surface area contributed by atoms with Crippen molar-refractivity contribution in [2.24, 2.45) is 10.7 Å². The van der Waals surface area contributed by atoms with Crippen LogP contribution in [0.5, 0.6) is 0 Å². The first kappa shape index (κ1) is 16.2. The van der Waals surface area contributed by atoms with Crippen LogP contribution in [0.2, 0.25) is 0 Å². The first-order chi connectivity index (χ1) is 12.1. The molecule has 1 fully saturated rings. The highest BCUT2D eigenvalue weighted by Gasteiger charge is 2.44. The van der Waals surface area contributed by atoms with E-state index in [0.717, 1.165) is 5.69 Å². The highest BCUT2D eigenvalue weighted by Crippen LogP contribution is 2.37. The lowest BCUT2D eigenvalue weighted by Crippen LogP contribution is -2.36. The SMILES string of the molecule is NC1c2ncn([C@@H]3O[C@H](CO)C(O)C3O)c2N=CN1c1ccccc1. The number of para-hydroxylation sites is 1. The fourth-order valence-corrected chi connectivity index (χ4v) is 3.15. The van der Waals surface area contributed by atoms with Gasteiger partial charge in [0.1, 0.15) is 30.2 Å². The number of rotatable bonds is 3. The summed E-state index contributed by atoms with van der Waals surface area (Å²) in [6.07, 6.45) is -1.62. The van der Waals surface area contributed by atoms with Gasteiger partial charge < -0.3 is 30.7 Å². The van der Waals surface area contributed by atoms with Gasteiger partial charge in [0.15, 0.2) is 12.0 Å². The van der Waals surface area contributed by atoms with Crippen molar-refractivity contribution in [1.82, 2.24) is 9.55 Å². The molecule has 0 aliphatic carbocycles. The van der Waals surface area contributed by atoms with Gasteiger partial charge in [-0.05, 0) is 12.1 Å². The van der Waals surface area contributed by atoms with Crippen LogP contribution in [0.15, 0.2) is 41.7 Å². The van der Waals surface area contributed by atoms with Gasteiger partial charge in [0.2, 0.25) is 0 Å². The average molecular weight is 345 g/mol. The molecule has 9 heteroatoms. The summed E-state index contributed by atoms with van der Waals surface area (Å²) in [6, 6.07) is 9.56. The highest BCUT2D eigenvalue weighted by molar-refractivity contribution is 5.84. The Balaban J connectivity index is 1.66. The quantitative estimate of drug-likeness (QED) is 0.597. The maximum atomic E-state index is 10.2. The largest absolute Gasteiger partial charge is 0.394 e. The lowest BCUT2D eigenvalue weighted by Gasteiger charge is -2.29. The van der Waals surface area contributed by atoms with Gasteiger partial charge in [-0.2, -0.15) is 0 Å². The zero-order chi connectivity index (χ0) is 17.6. The van der Waals surface area contributed by atoms with Crippen LogP contribution in [0.1, 0.15) is 18.1 Å². The predicted molar refractivity (Wildman–Crippen MR) is 89.2 cm³/mol. The minimum atomic E-state index is -1.20. The molecule has 0 saturated carbocycles. The van der Waals surface area contributed by atoms with Crippen molar-refractivity contribution in [1.29, 1.82) is 0 Å². The number of ether oxygens (including phenoxy) is 1. The Hall–Kier alpha value is -2.30. The first-order valence-electron chi connectivity index (χ1n) is 7.94. The van der Waals surface area contributed by atoms with Crippen LogP contribution >= 0.6 is 0 Å². The molecule has 2 aliphatic heterocycles. The third-order valence-electron chi connectivity index (χ3n) is 4.52. The van der Waals surface area contributed by atoms with Crippen molar-refractivity contribution in [3.05, 3.63) is 42.4 Å². The zero-order valence-corrected chi connectivity index (χ0v) is 13.3. The predicted octanol–water partition coefficient (Wildman–Crippen LogP) is -0.368. The first-order valence-corrected chi connectivity index (χ1v) is 7.94. The lowest BCUT2D eigenvalue weighted by atomic mass is 10.1. The molecular formula is C16H19N5O4. The monoisotopic (exact) mass is 345 g/mol. The van der Waals surface area contributed by atoms with Gasteiger partial charge in [-0.15, -0.1) is 0 Å². The minimum absolute atomic E-state index is 0.393. The smallest absolute Gasteiger partial charge is 0.165 e. The molecule has 4 rings (SSSR count). The van der Waals surface area contributed by atoms with Crippen LogP contribution in [0, 0.1) is 0 Å². The molecule has 1 aromatic carbocycles. The Kier molecular flexibility index (Phi) is 4.02. The van der Waals surface area contributed by atoms with Crippen molar-refractivity contribution >= 4 is 17.8 Å². The number of imidazole rings is 1. The van der Waals surface area contributed by atoms with Crippen molar-refractivity contribution in [3.8, 4) is 0 Å². The molecule has 0 spiro atoms. The number of aliphatic imine (C=N–C) groups is 1. The summed E-state index contributed by atoms with van der Waals surface area (Å²) >= 11 is 0. The van der Waals surface area contributed by atoms with Crippen LogP contribution in [-0.2, 0) is 4.74 Å². The molecule has 9 nitrogen and oxygen atoms in total. The normalized spacial score (nSPS) is 31.4. The molecule has 2 aliphatic rings. The molecule has 5 N–H and O–H groups in total. The molecule has 5 atom stereocenters. The van der Waals surface area contributed by atoms with E-state index in [0.29, 0.717) is 11.5 Å². The zero-order valence-electron chi connectivity index (χ0n) is 13.3. The molecule has 0 bridgehead atoms. The Morgan fingerprint density at radius 1 is 1.16 bits per heavy atom. The minimum Gasteiger partial charge on any atom is -0.394 e. The van der Waals surface area contributed by atoms with E-state index < -0.39 is 37.3 Å². The number of benzene rings is 1. The summed E-state index contributed by atoms with van der Waals surface area (Å²) < 4.78 is 7.06. The van der Waals surface area contributed by atoms with E-state index in [1.165, 1.54) is 10.9 Å². The van der Waals surface area contributed by atoms with Crippen molar-refractivity contribution in [2.45, 2.75) is 30.7 Å². The number of nitrogens with zero attached hydrogens (tertiary/aromatic N) is 4. The van der Waals surface area contributed by atoms with Crippen molar-refractivity contribution in [3.63, 3.8) is 0 Å². The average Bonchev–Trinajstić information content (AvgIpc) is 3.18. The summed E-state index contributed by atoms with van der Waals surface area (Å²) in [7, 11) is 0. The molecule has 1 saturated heterocycles. The van der Waals surface area contributed by atoms with Crippen molar-refractivity contribution in [2.75, 3.05) is 11.5 Å². The third-order valence-corrected chi connectivity index (χ3v) is 4.52. The Bertz CT molecular complexity index is 780. The van der Waals surface area contributed by atoms with E-state index in [4.69, 9.17) is 10.5 Å². The Morgan fingerprint density at radius 3 is 2.60 bits per heavy atom. The molecule has 1 aromatic heterocycles. The van der Waals surface area contributed by atoms with Gasteiger partial charge in [0.25, 0.3) is 0 Å². The van der Waals surface area contributed by atoms with Crippen molar-refractivity contribution < 1.29 is 20.1 Å². The van der Waals surface area contributed by atoms with Crippen LogP contribution in [0.25, 0.3) is 0 Å². The lowest BCUT2D eigenvalue weighted by molar-refractivity contribution is -0.0520. The second-order valence-corrected chi connectivity index (χ2v) is 6.02. The summed E-state index contributed by atoms with van der Waals surface area (Å²) in [5.74, 6) is 0.453. The molecule has 0 amide bonds. The molecule has 2 aromatic rings. The van der Waals surface area contributed by atoms with Gasteiger partial charge in [0.05, 0.1) is 19.3 Å². The van der Waals surface area contributed by atoms with Crippen LogP contribution in [0.3, 0.4) is 0 Å². The number of nitrogens with two attached hydrogens (primary N) is 1. The van der Waals surface area contributed by atoms with E-state index in [1.54, 1.807) is 11.2 Å². The fourth-order valence-electron chi connectivity index (χ4n) is 3.15. The van der Waals surface area contributed by atoms with E-state index >= 15 is 0 Å². The maximum absolute atomic E-state index is 10.2.